The van der Waals surface area contributed by atoms with Gasteiger partial charge in [-0.05, 0) is 31.5 Å². The molecule has 3 aromatic rings. The van der Waals surface area contributed by atoms with Crippen molar-refractivity contribution in [2.45, 2.75) is 19.0 Å². The van der Waals surface area contributed by atoms with E-state index < -0.39 is 11.5 Å². The second-order valence-corrected chi connectivity index (χ2v) is 8.01. The summed E-state index contributed by atoms with van der Waals surface area (Å²) in [7, 11) is 1.51. The minimum absolute atomic E-state index is 0.0255. The maximum atomic E-state index is 12.7. The molecule has 0 unspecified atom stereocenters. The fraction of sp³-hybridized carbons (Fsp3) is 0.263. The number of para-hydroxylation sites is 2. The van der Waals surface area contributed by atoms with Crippen molar-refractivity contribution in [1.29, 1.82) is 0 Å². The van der Waals surface area contributed by atoms with E-state index in [1.807, 2.05) is 0 Å². The molecule has 0 radical (unpaired) electrons. The number of hydrogen-bond donors (Lipinski definition) is 2. The second kappa shape index (κ2) is 9.18. The quantitative estimate of drug-likeness (QED) is 0.244. The average molecular weight is 449 g/mol. The SMILES string of the molecule is CCOC(=O)c1sc2nc(SCC(=O)Nc3ccccc3OC)n(N)c(=O)c2c1C. The van der Waals surface area contributed by atoms with Crippen LogP contribution in [0.15, 0.2) is 34.2 Å². The number of thioether (sulfide) groups is 1. The molecular weight excluding hydrogens is 428 g/mol. The third kappa shape index (κ3) is 4.26. The molecule has 0 atom stereocenters. The number of amides is 1. The summed E-state index contributed by atoms with van der Waals surface area (Å²) >= 11 is 2.08. The zero-order chi connectivity index (χ0) is 21.8. The van der Waals surface area contributed by atoms with Crippen molar-refractivity contribution in [2.24, 2.45) is 0 Å². The number of benzene rings is 1. The first kappa shape index (κ1) is 21.7. The molecule has 9 nitrogen and oxygen atoms in total. The molecule has 0 aliphatic heterocycles. The molecule has 3 N–H and O–H groups in total. The zero-order valence-electron chi connectivity index (χ0n) is 16.6. The highest BCUT2D eigenvalue weighted by Crippen LogP contribution is 2.29. The summed E-state index contributed by atoms with van der Waals surface area (Å²) < 4.78 is 11.1. The fourth-order valence-corrected chi connectivity index (χ4v) is 4.57. The van der Waals surface area contributed by atoms with Gasteiger partial charge in [0.15, 0.2) is 5.16 Å². The molecule has 2 heterocycles. The lowest BCUT2D eigenvalue weighted by Crippen LogP contribution is -2.30. The normalized spacial score (nSPS) is 10.8. The van der Waals surface area contributed by atoms with Crippen molar-refractivity contribution >= 4 is 50.9 Å². The third-order valence-electron chi connectivity index (χ3n) is 4.14. The van der Waals surface area contributed by atoms with Gasteiger partial charge in [-0.15, -0.1) is 11.3 Å². The van der Waals surface area contributed by atoms with Gasteiger partial charge in [-0.3, -0.25) is 9.59 Å². The Kier molecular flexibility index (Phi) is 6.63. The van der Waals surface area contributed by atoms with Gasteiger partial charge in [0.25, 0.3) is 5.56 Å². The van der Waals surface area contributed by atoms with Gasteiger partial charge in [-0.25, -0.2) is 14.5 Å². The van der Waals surface area contributed by atoms with Crippen molar-refractivity contribution in [3.05, 3.63) is 45.1 Å². The number of aryl methyl sites for hydroxylation is 1. The average Bonchev–Trinajstić information content (AvgIpc) is 3.06. The van der Waals surface area contributed by atoms with Crippen LogP contribution in [-0.4, -0.2) is 41.0 Å². The summed E-state index contributed by atoms with van der Waals surface area (Å²) in [5.74, 6) is 5.59. The van der Waals surface area contributed by atoms with Gasteiger partial charge in [-0.2, -0.15) is 0 Å². The Morgan fingerprint density at radius 3 is 2.77 bits per heavy atom. The van der Waals surface area contributed by atoms with Crippen molar-refractivity contribution in [2.75, 3.05) is 30.6 Å². The minimum atomic E-state index is -0.508. The number of methoxy groups -OCH3 is 1. The Hall–Kier alpha value is -3.05. The monoisotopic (exact) mass is 448 g/mol. The predicted octanol–water partition coefficient (Wildman–Crippen LogP) is 2.40. The van der Waals surface area contributed by atoms with E-state index in [1.165, 1.54) is 7.11 Å². The molecule has 0 aliphatic rings. The van der Waals surface area contributed by atoms with E-state index in [-0.39, 0.29) is 28.8 Å². The number of esters is 1. The number of rotatable bonds is 7. The molecule has 158 valence electrons. The molecule has 0 saturated heterocycles. The summed E-state index contributed by atoms with van der Waals surface area (Å²) in [5, 5.41) is 3.18. The maximum Gasteiger partial charge on any atom is 0.348 e. The van der Waals surface area contributed by atoms with Crippen molar-refractivity contribution < 1.29 is 19.1 Å². The number of anilines is 1. The van der Waals surface area contributed by atoms with E-state index in [9.17, 15) is 14.4 Å². The number of hydrogen-bond acceptors (Lipinski definition) is 9. The molecule has 0 fully saturated rings. The lowest BCUT2D eigenvalue weighted by atomic mass is 10.2. The van der Waals surface area contributed by atoms with Crippen LogP contribution < -0.4 is 21.5 Å². The molecule has 0 aliphatic carbocycles. The number of fused-ring (bicyclic) bond motifs is 1. The minimum Gasteiger partial charge on any atom is -0.495 e. The van der Waals surface area contributed by atoms with Crippen LogP contribution in [0.5, 0.6) is 5.75 Å². The Balaban J connectivity index is 1.82. The van der Waals surface area contributed by atoms with E-state index in [0.717, 1.165) is 27.8 Å². The van der Waals surface area contributed by atoms with Crippen LogP contribution in [0, 0.1) is 6.92 Å². The van der Waals surface area contributed by atoms with Crippen LogP contribution in [0.2, 0.25) is 0 Å². The summed E-state index contributed by atoms with van der Waals surface area (Å²) in [6.45, 7) is 3.58. The number of carbonyl (C=O) groups is 2. The molecule has 30 heavy (non-hydrogen) atoms. The van der Waals surface area contributed by atoms with E-state index in [1.54, 1.807) is 38.1 Å². The van der Waals surface area contributed by atoms with Gasteiger partial charge in [0.2, 0.25) is 5.91 Å². The van der Waals surface area contributed by atoms with Gasteiger partial charge in [-0.1, -0.05) is 23.9 Å². The molecule has 1 amide bonds. The number of aromatic nitrogens is 2. The molecule has 0 saturated carbocycles. The first-order valence-corrected chi connectivity index (χ1v) is 10.7. The van der Waals surface area contributed by atoms with Crippen LogP contribution >= 0.6 is 23.1 Å². The van der Waals surface area contributed by atoms with Crippen LogP contribution in [-0.2, 0) is 9.53 Å². The van der Waals surface area contributed by atoms with Gasteiger partial charge < -0.3 is 20.6 Å². The highest BCUT2D eigenvalue weighted by atomic mass is 32.2. The van der Waals surface area contributed by atoms with E-state index >= 15 is 0 Å². The van der Waals surface area contributed by atoms with Crippen LogP contribution in [0.1, 0.15) is 22.2 Å². The summed E-state index contributed by atoms with van der Waals surface area (Å²) in [4.78, 5) is 42.2. The van der Waals surface area contributed by atoms with E-state index in [0.29, 0.717) is 26.7 Å². The van der Waals surface area contributed by atoms with Crippen LogP contribution in [0.25, 0.3) is 10.2 Å². The lowest BCUT2D eigenvalue weighted by molar-refractivity contribution is -0.113. The van der Waals surface area contributed by atoms with E-state index in [4.69, 9.17) is 15.3 Å². The first-order chi connectivity index (χ1) is 14.4. The number of nitrogen functional groups attached to an aromatic ring is 1. The van der Waals surface area contributed by atoms with Crippen LogP contribution in [0.3, 0.4) is 0 Å². The lowest BCUT2D eigenvalue weighted by Gasteiger charge is -2.10. The maximum absolute atomic E-state index is 12.7. The Morgan fingerprint density at radius 1 is 1.33 bits per heavy atom. The number of nitrogens with zero attached hydrogens (tertiary/aromatic N) is 2. The topological polar surface area (TPSA) is 126 Å². The number of nitrogens with two attached hydrogens (primary N) is 1. The van der Waals surface area contributed by atoms with Gasteiger partial charge in [0.05, 0.1) is 30.5 Å². The first-order valence-electron chi connectivity index (χ1n) is 8.91. The molecule has 3 rings (SSSR count). The molecule has 2 aromatic heterocycles. The number of nitrogens with one attached hydrogen (secondary N) is 1. The summed E-state index contributed by atoms with van der Waals surface area (Å²) in [5.41, 5.74) is 0.527. The number of ether oxygens (including phenoxy) is 2. The predicted molar refractivity (Wildman–Crippen MR) is 117 cm³/mol. The molecule has 0 spiro atoms. The molecule has 0 bridgehead atoms. The van der Waals surface area contributed by atoms with Crippen molar-refractivity contribution in [3.63, 3.8) is 0 Å². The zero-order valence-corrected chi connectivity index (χ0v) is 18.2. The second-order valence-electron chi connectivity index (χ2n) is 6.06. The summed E-state index contributed by atoms with van der Waals surface area (Å²) in [6, 6.07) is 7.02. The standard InChI is InChI=1S/C19H20N4O5S2/c1-4-28-18(26)15-10(2)14-16(30-15)22-19(23(20)17(14)25)29-9-13(24)21-11-7-5-6-8-12(11)27-3/h5-8H,4,9,20H2,1-3H3,(H,21,24). The third-order valence-corrected chi connectivity index (χ3v) is 6.26. The molecule has 1 aromatic carbocycles. The van der Waals surface area contributed by atoms with Crippen molar-refractivity contribution in [1.82, 2.24) is 9.66 Å². The smallest absolute Gasteiger partial charge is 0.348 e. The van der Waals surface area contributed by atoms with Gasteiger partial charge in [0.1, 0.15) is 15.5 Å². The Labute approximate surface area is 180 Å². The van der Waals surface area contributed by atoms with Crippen molar-refractivity contribution in [3.8, 4) is 5.75 Å². The molecule has 11 heteroatoms. The van der Waals surface area contributed by atoms with Gasteiger partial charge in [0, 0.05) is 0 Å². The molecular formula is C19H20N4O5S2. The van der Waals surface area contributed by atoms with Gasteiger partial charge >= 0.3 is 5.97 Å². The number of carbonyl (C=O) groups excluding carboxylic acids is 2. The van der Waals surface area contributed by atoms with Crippen LogP contribution in [0.4, 0.5) is 5.69 Å². The Morgan fingerprint density at radius 2 is 2.07 bits per heavy atom. The largest absolute Gasteiger partial charge is 0.495 e. The summed E-state index contributed by atoms with van der Waals surface area (Å²) in [6.07, 6.45) is 0. The Bertz CT molecular complexity index is 1170. The van der Waals surface area contributed by atoms with E-state index in [2.05, 4.69) is 10.3 Å². The highest BCUT2D eigenvalue weighted by molar-refractivity contribution is 7.99. The number of thiophene rings is 1. The highest BCUT2D eigenvalue weighted by Gasteiger charge is 2.22. The fourth-order valence-electron chi connectivity index (χ4n) is 2.73.